The molecule has 0 amide bonds. The van der Waals surface area contributed by atoms with Crippen LogP contribution in [0.15, 0.2) is 16.5 Å². The number of aryl methyl sites for hydroxylation is 1. The van der Waals surface area contributed by atoms with Crippen LogP contribution in [0.5, 0.6) is 0 Å². The first kappa shape index (κ1) is 10.2. The van der Waals surface area contributed by atoms with Gasteiger partial charge in [-0.1, -0.05) is 20.3 Å². The molecule has 0 aliphatic rings. The monoisotopic (exact) mass is 155 g/mol. The van der Waals surface area contributed by atoms with Gasteiger partial charge in [-0.15, -0.1) is 0 Å². The number of hydrogen-bond donors (Lipinski definition) is 1. The Hall–Kier alpha value is -0.760. The van der Waals surface area contributed by atoms with Crippen LogP contribution in [0.1, 0.15) is 31.8 Å². The minimum Gasteiger partial charge on any atom is -0.465 e. The summed E-state index contributed by atoms with van der Waals surface area (Å²) in [5.74, 6) is 1.77. The third-order valence-corrected chi connectivity index (χ3v) is 0.997. The quantitative estimate of drug-likeness (QED) is 0.676. The van der Waals surface area contributed by atoms with E-state index in [0.29, 0.717) is 6.54 Å². The highest BCUT2D eigenvalue weighted by Gasteiger charge is 1.91. The van der Waals surface area contributed by atoms with Crippen molar-refractivity contribution in [2.45, 2.75) is 33.7 Å². The predicted octanol–water partition coefficient (Wildman–Crippen LogP) is 2.46. The average molecular weight is 155 g/mol. The van der Waals surface area contributed by atoms with Crippen LogP contribution >= 0.6 is 0 Å². The van der Waals surface area contributed by atoms with Crippen LogP contribution in [0.2, 0.25) is 0 Å². The van der Waals surface area contributed by atoms with Gasteiger partial charge >= 0.3 is 0 Å². The van der Waals surface area contributed by atoms with Gasteiger partial charge in [0.25, 0.3) is 0 Å². The maximum atomic E-state index is 5.27. The van der Waals surface area contributed by atoms with Gasteiger partial charge in [0.05, 0.1) is 6.54 Å². The second-order valence-corrected chi connectivity index (χ2v) is 2.42. The van der Waals surface area contributed by atoms with Crippen LogP contribution in [0.25, 0.3) is 0 Å². The lowest BCUT2D eigenvalue weighted by Gasteiger charge is -1.83. The van der Waals surface area contributed by atoms with Gasteiger partial charge in [-0.25, -0.2) is 0 Å². The van der Waals surface area contributed by atoms with E-state index in [4.69, 9.17) is 10.2 Å². The van der Waals surface area contributed by atoms with E-state index in [-0.39, 0.29) is 0 Å². The van der Waals surface area contributed by atoms with Crippen LogP contribution in [0.4, 0.5) is 0 Å². The molecule has 2 nitrogen and oxygen atoms in total. The second kappa shape index (κ2) is 5.98. The Morgan fingerprint density at radius 2 is 1.91 bits per heavy atom. The van der Waals surface area contributed by atoms with E-state index in [9.17, 15) is 0 Å². The molecule has 1 aromatic heterocycles. The first-order chi connectivity index (χ1) is 5.24. The molecule has 2 N–H and O–H groups in total. The third kappa shape index (κ3) is 4.62. The molecule has 0 aliphatic carbocycles. The van der Waals surface area contributed by atoms with E-state index in [1.54, 1.807) is 0 Å². The number of hydrogen-bond acceptors (Lipinski definition) is 2. The van der Waals surface area contributed by atoms with E-state index in [1.165, 1.54) is 6.42 Å². The molecule has 0 saturated heterocycles. The molecular weight excluding hydrogens is 138 g/mol. The SMILES string of the molecule is CCC.Cc1ccc(CN)o1. The summed E-state index contributed by atoms with van der Waals surface area (Å²) in [6, 6.07) is 3.79. The van der Waals surface area contributed by atoms with E-state index < -0.39 is 0 Å². The molecule has 1 aromatic rings. The summed E-state index contributed by atoms with van der Waals surface area (Å²) in [4.78, 5) is 0. The molecule has 64 valence electrons. The fraction of sp³-hybridized carbons (Fsp3) is 0.556. The zero-order valence-electron chi connectivity index (χ0n) is 7.55. The van der Waals surface area contributed by atoms with Crippen molar-refractivity contribution in [3.63, 3.8) is 0 Å². The van der Waals surface area contributed by atoms with E-state index in [0.717, 1.165) is 11.5 Å². The van der Waals surface area contributed by atoms with Gasteiger partial charge < -0.3 is 10.2 Å². The third-order valence-electron chi connectivity index (χ3n) is 0.997. The predicted molar refractivity (Wildman–Crippen MR) is 47.3 cm³/mol. The largest absolute Gasteiger partial charge is 0.465 e. The molecule has 0 atom stereocenters. The maximum absolute atomic E-state index is 5.27. The number of rotatable bonds is 1. The van der Waals surface area contributed by atoms with Crippen molar-refractivity contribution in [2.75, 3.05) is 0 Å². The molecule has 0 saturated carbocycles. The summed E-state index contributed by atoms with van der Waals surface area (Å²) >= 11 is 0. The lowest BCUT2D eigenvalue weighted by atomic mass is 10.4. The molecule has 0 spiro atoms. The Morgan fingerprint density at radius 3 is 2.09 bits per heavy atom. The van der Waals surface area contributed by atoms with Crippen molar-refractivity contribution >= 4 is 0 Å². The Morgan fingerprint density at radius 1 is 1.36 bits per heavy atom. The summed E-state index contributed by atoms with van der Waals surface area (Å²) in [5.41, 5.74) is 5.27. The molecule has 11 heavy (non-hydrogen) atoms. The summed E-state index contributed by atoms with van der Waals surface area (Å²) in [6.07, 6.45) is 1.25. The van der Waals surface area contributed by atoms with Crippen LogP contribution in [0.3, 0.4) is 0 Å². The molecule has 2 heteroatoms. The molecule has 0 radical (unpaired) electrons. The Kier molecular flexibility index (Phi) is 5.57. The minimum atomic E-state index is 0.494. The molecule has 0 aromatic carbocycles. The minimum absolute atomic E-state index is 0.494. The van der Waals surface area contributed by atoms with E-state index in [2.05, 4.69) is 13.8 Å². The Balaban J connectivity index is 0.000000292. The Bertz CT molecular complexity index is 181. The van der Waals surface area contributed by atoms with Crippen molar-refractivity contribution in [3.8, 4) is 0 Å². The highest BCUT2D eigenvalue weighted by atomic mass is 16.3. The summed E-state index contributed by atoms with van der Waals surface area (Å²) in [7, 11) is 0. The van der Waals surface area contributed by atoms with Gasteiger partial charge in [-0.2, -0.15) is 0 Å². The first-order valence-electron chi connectivity index (χ1n) is 3.99. The smallest absolute Gasteiger partial charge is 0.117 e. The summed E-state index contributed by atoms with van der Waals surface area (Å²) < 4.78 is 5.11. The lowest BCUT2D eigenvalue weighted by Crippen LogP contribution is -1.92. The lowest BCUT2D eigenvalue weighted by molar-refractivity contribution is 0.485. The van der Waals surface area contributed by atoms with E-state index in [1.807, 2.05) is 19.1 Å². The Labute approximate surface area is 68.4 Å². The van der Waals surface area contributed by atoms with Gasteiger partial charge in [-0.05, 0) is 19.1 Å². The number of furan rings is 1. The van der Waals surface area contributed by atoms with Gasteiger partial charge in [0.1, 0.15) is 11.5 Å². The molecule has 1 rings (SSSR count). The van der Waals surface area contributed by atoms with Crippen LogP contribution in [-0.2, 0) is 6.54 Å². The molecular formula is C9H17NO. The van der Waals surface area contributed by atoms with Gasteiger partial charge in [0.2, 0.25) is 0 Å². The summed E-state index contributed by atoms with van der Waals surface area (Å²) in [5, 5.41) is 0. The van der Waals surface area contributed by atoms with Crippen molar-refractivity contribution in [3.05, 3.63) is 23.7 Å². The van der Waals surface area contributed by atoms with Crippen LogP contribution < -0.4 is 5.73 Å². The van der Waals surface area contributed by atoms with Crippen LogP contribution in [0, 0.1) is 6.92 Å². The second-order valence-electron chi connectivity index (χ2n) is 2.42. The van der Waals surface area contributed by atoms with Gasteiger partial charge in [0.15, 0.2) is 0 Å². The fourth-order valence-corrected chi connectivity index (χ4v) is 0.595. The highest BCUT2D eigenvalue weighted by molar-refractivity contribution is 5.04. The highest BCUT2D eigenvalue weighted by Crippen LogP contribution is 2.03. The molecule has 0 aliphatic heterocycles. The zero-order chi connectivity index (χ0) is 8.69. The van der Waals surface area contributed by atoms with Crippen molar-refractivity contribution in [1.29, 1.82) is 0 Å². The number of nitrogens with two attached hydrogens (primary N) is 1. The fourth-order valence-electron chi connectivity index (χ4n) is 0.595. The van der Waals surface area contributed by atoms with Crippen molar-refractivity contribution in [2.24, 2.45) is 5.73 Å². The topological polar surface area (TPSA) is 39.2 Å². The van der Waals surface area contributed by atoms with Crippen molar-refractivity contribution < 1.29 is 4.42 Å². The standard InChI is InChI=1S/C6H9NO.C3H8/c1-5-2-3-6(4-7)8-5;1-3-2/h2-3H,4,7H2,1H3;3H2,1-2H3. The molecule has 0 bridgehead atoms. The summed E-state index contributed by atoms with van der Waals surface area (Å²) in [6.45, 7) is 6.65. The van der Waals surface area contributed by atoms with Gasteiger partial charge in [0, 0.05) is 0 Å². The zero-order valence-corrected chi connectivity index (χ0v) is 7.55. The first-order valence-corrected chi connectivity index (χ1v) is 3.99. The van der Waals surface area contributed by atoms with Gasteiger partial charge in [-0.3, -0.25) is 0 Å². The molecule has 0 fully saturated rings. The van der Waals surface area contributed by atoms with Crippen LogP contribution in [-0.4, -0.2) is 0 Å². The normalized spacial score (nSPS) is 8.73. The van der Waals surface area contributed by atoms with Crippen molar-refractivity contribution in [1.82, 2.24) is 0 Å². The maximum Gasteiger partial charge on any atom is 0.117 e. The van der Waals surface area contributed by atoms with E-state index >= 15 is 0 Å². The molecule has 1 heterocycles. The average Bonchev–Trinajstić information content (AvgIpc) is 2.37. The molecule has 0 unspecified atom stereocenters.